The van der Waals surface area contributed by atoms with E-state index in [1.807, 2.05) is 0 Å². The number of ketones is 2. The lowest BCUT2D eigenvalue weighted by molar-refractivity contribution is -0.154. The van der Waals surface area contributed by atoms with Crippen LogP contribution in [0.4, 0.5) is 0 Å². The Bertz CT molecular complexity index is 2460. The molecule has 6 N–H and O–H groups in total. The van der Waals surface area contributed by atoms with Gasteiger partial charge in [-0.3, -0.25) is 38.6 Å². The predicted molar refractivity (Wildman–Crippen MR) is 270 cm³/mol. The molecule has 12 atom stereocenters. The number of aliphatic hydroxyl groups is 4. The highest BCUT2D eigenvalue weighted by atomic mass is 32.5. The molecule has 0 aromatic heterocycles. The monoisotopic (exact) mass is 1100 g/mol. The molecule has 0 radical (unpaired) electrons. The summed E-state index contributed by atoms with van der Waals surface area (Å²) in [6.45, 7) is 2.10. The second-order valence-electron chi connectivity index (χ2n) is 17.5. The average Bonchev–Trinajstić information content (AvgIpc) is 3.74. The zero-order valence-electron chi connectivity index (χ0n) is 40.9. The van der Waals surface area contributed by atoms with Crippen molar-refractivity contribution in [3.63, 3.8) is 0 Å². The quantitative estimate of drug-likeness (QED) is 0.0479. The van der Waals surface area contributed by atoms with Gasteiger partial charge in [0.25, 0.3) is 0 Å². The zero-order chi connectivity index (χ0) is 54.8. The normalized spacial score (nSPS) is 28.0. The summed E-state index contributed by atoms with van der Waals surface area (Å²) in [5, 5.41) is 49.4. The van der Waals surface area contributed by atoms with E-state index in [2.05, 4.69) is 22.0 Å². The maximum absolute atomic E-state index is 12.4. The van der Waals surface area contributed by atoms with Gasteiger partial charge in [-0.05, 0) is 102 Å². The minimum absolute atomic E-state index is 0.354. The summed E-state index contributed by atoms with van der Waals surface area (Å²) in [6.07, 6.45) is 5.16. The van der Waals surface area contributed by atoms with Crippen LogP contribution in [0.1, 0.15) is 54.4 Å². The lowest BCUT2D eigenvalue weighted by Crippen LogP contribution is -2.55. The van der Waals surface area contributed by atoms with Crippen molar-refractivity contribution in [2.24, 2.45) is 0 Å². The summed E-state index contributed by atoms with van der Waals surface area (Å²) in [5.41, 5.74) is -4.61. The highest BCUT2D eigenvalue weighted by molar-refractivity contribution is 8.09. The third-order valence-corrected chi connectivity index (χ3v) is 15.9. The summed E-state index contributed by atoms with van der Waals surface area (Å²) >= 11 is 11.3. The maximum Gasteiger partial charge on any atom is 0.323 e. The van der Waals surface area contributed by atoms with Gasteiger partial charge in [-0.1, -0.05) is 48.2 Å². The topological polar surface area (TPSA) is 288 Å². The molecule has 2 aromatic rings. The Morgan fingerprint density at radius 1 is 0.676 bits per heavy atom. The summed E-state index contributed by atoms with van der Waals surface area (Å²) < 4.78 is 45.5. The van der Waals surface area contributed by atoms with Crippen molar-refractivity contribution < 1.29 is 86.2 Å². The lowest BCUT2D eigenvalue weighted by atomic mass is 9.94. The van der Waals surface area contributed by atoms with Crippen molar-refractivity contribution in [2.75, 3.05) is 13.2 Å². The molecule has 0 aliphatic carbocycles. The molecule has 22 nitrogen and oxygen atoms in total. The van der Waals surface area contributed by atoms with Crippen LogP contribution in [0.3, 0.4) is 0 Å². The number of rotatable bonds is 20. The molecule has 2 amide bonds. The van der Waals surface area contributed by atoms with Gasteiger partial charge in [0.15, 0.2) is 35.2 Å². The number of nitrogens with zero attached hydrogens (tertiary/aromatic N) is 2. The second-order valence-corrected chi connectivity index (χ2v) is 23.7. The van der Waals surface area contributed by atoms with Crippen LogP contribution in [0, 0.1) is 24.7 Å². The second kappa shape index (κ2) is 25.5. The number of carbonyl (C=O) groups is 6. The van der Waals surface area contributed by atoms with Crippen molar-refractivity contribution in [3.8, 4) is 36.2 Å². The Hall–Kier alpha value is -5.24. The van der Waals surface area contributed by atoms with E-state index < -0.39 is 135 Å². The smallest absolute Gasteiger partial charge is 0.323 e. The number of nitrogens with one attached hydrogen (secondary N) is 2. The highest BCUT2D eigenvalue weighted by Crippen LogP contribution is 2.48. The van der Waals surface area contributed by atoms with E-state index in [9.17, 15) is 49.2 Å². The van der Waals surface area contributed by atoms with Crippen LogP contribution >= 0.6 is 13.3 Å². The van der Waals surface area contributed by atoms with Gasteiger partial charge >= 0.3 is 25.2 Å². The molecule has 0 unspecified atom stereocenters. The molecule has 74 heavy (non-hydrogen) atoms. The third kappa shape index (κ3) is 15.0. The van der Waals surface area contributed by atoms with Crippen molar-refractivity contribution >= 4 is 72.2 Å². The fourth-order valence-electron chi connectivity index (χ4n) is 7.20. The van der Waals surface area contributed by atoms with Crippen LogP contribution in [0.5, 0.6) is 11.5 Å². The van der Waals surface area contributed by atoms with E-state index in [4.69, 9.17) is 73.5 Å². The summed E-state index contributed by atoms with van der Waals surface area (Å²) in [7, 11) is 0. The Morgan fingerprint density at radius 2 is 1.01 bits per heavy atom. The molecule has 6 rings (SSSR count). The van der Waals surface area contributed by atoms with Gasteiger partial charge in [0, 0.05) is 12.4 Å². The van der Waals surface area contributed by atoms with Gasteiger partial charge < -0.3 is 57.5 Å². The molecule has 0 saturated carbocycles. The Morgan fingerprint density at radius 3 is 1.31 bits per heavy atom. The number of benzene rings is 2. The molecule has 4 heterocycles. The van der Waals surface area contributed by atoms with E-state index in [1.165, 1.54) is 13.8 Å². The lowest BCUT2D eigenvalue weighted by Gasteiger charge is -2.33. The van der Waals surface area contributed by atoms with Gasteiger partial charge in [-0.15, -0.1) is 12.8 Å². The molecule has 26 heteroatoms. The van der Waals surface area contributed by atoms with E-state index in [-0.39, 0.29) is 12.2 Å². The fourth-order valence-corrected chi connectivity index (χ4v) is 12.0. The minimum atomic E-state index is -3.48. The predicted octanol–water partition coefficient (Wildman–Crippen LogP) is 2.00. The Labute approximate surface area is 438 Å². The minimum Gasteiger partial charge on any atom is -0.462 e. The van der Waals surface area contributed by atoms with Crippen LogP contribution in [0.15, 0.2) is 85.2 Å². The number of aliphatic hydroxyl groups excluding tert-OH is 2. The van der Waals surface area contributed by atoms with Crippen LogP contribution in [-0.2, 0) is 80.4 Å². The van der Waals surface area contributed by atoms with Crippen molar-refractivity contribution in [2.45, 2.75) is 127 Å². The van der Waals surface area contributed by atoms with Gasteiger partial charge in [-0.25, -0.2) is 10.2 Å². The number of amides is 2. The van der Waals surface area contributed by atoms with Crippen molar-refractivity contribution in [1.82, 2.24) is 20.0 Å². The SMILES string of the molecule is C#C[C@@]1(O)[C@H](O)[C@@H](CO[P@@](=S)(N[C@@H](C)C(=O)OC(C)C)Oc2ccccc2)O[C@H]1N1C=CC(=O)CC1=O.C#C[C@@]1(O)[C@H](O)[C@@H](CO[P@](=S)(N[C@@H](C)C(=O)OC(C)C)Oc2ccccc2)O[C@H]1N1C=CC(=O)CC1=O. The van der Waals surface area contributed by atoms with E-state index in [1.54, 1.807) is 88.4 Å². The molecule has 2 saturated heterocycles. The largest absolute Gasteiger partial charge is 0.462 e. The first-order chi connectivity index (χ1) is 34.8. The first-order valence-electron chi connectivity index (χ1n) is 22.8. The summed E-state index contributed by atoms with van der Waals surface area (Å²) in [5.74, 6) is 1.61. The molecule has 400 valence electrons. The first-order valence-corrected chi connectivity index (χ1v) is 28.1. The Balaban J connectivity index is 0.000000274. The molecule has 2 aromatic carbocycles. The molecular weight excluding hydrogens is 1050 g/mol. The van der Waals surface area contributed by atoms with Gasteiger partial charge in [-0.2, -0.15) is 0 Å². The third-order valence-electron chi connectivity index (χ3n) is 10.9. The maximum atomic E-state index is 12.4. The van der Waals surface area contributed by atoms with Gasteiger partial charge in [0.05, 0.1) is 38.3 Å². The number of carbonyl (C=O) groups excluding carboxylic acids is 6. The van der Waals surface area contributed by atoms with Gasteiger partial charge in [0.1, 0.15) is 48.0 Å². The number of para-hydroxylation sites is 2. The number of ether oxygens (including phenoxy) is 4. The molecule has 4 aliphatic rings. The van der Waals surface area contributed by atoms with Crippen LogP contribution < -0.4 is 19.2 Å². The van der Waals surface area contributed by atoms with E-state index >= 15 is 0 Å². The number of esters is 2. The van der Waals surface area contributed by atoms with Crippen LogP contribution in [0.2, 0.25) is 0 Å². The standard InChI is InChI=1S/2C24H29N2O9PS/c2*1-5-24(31)21(29)19(34-23(24)26-12-11-17(27)13-20(26)28)14-32-36(37,35-18-9-7-6-8-10-18)25-16(4)22(30)33-15(2)3/h2*1,6-12,15-16,19,21,23,29,31H,13-14H2,2-4H3,(H,25,37)/t16-,19+,21+,23+,24+,36+;16-,19+,21+,23+,24+,36-/m00/s1. The molecular formula is C48H58N4O18P2S2. The number of hydrogen-bond donors (Lipinski definition) is 6. The van der Waals surface area contributed by atoms with Crippen LogP contribution in [-0.4, -0.2) is 151 Å². The zero-order valence-corrected chi connectivity index (χ0v) is 44.4. The van der Waals surface area contributed by atoms with E-state index in [0.717, 1.165) is 34.4 Å². The summed E-state index contributed by atoms with van der Waals surface area (Å²) in [6, 6.07) is 15.2. The number of terminal acetylenes is 2. The first kappa shape index (κ1) is 59.6. The van der Waals surface area contributed by atoms with Crippen molar-refractivity contribution in [1.29, 1.82) is 0 Å². The molecule has 0 spiro atoms. The number of hydrogen-bond acceptors (Lipinski definition) is 20. The number of allylic oxidation sites excluding steroid dienone is 2. The average molecular weight is 1110 g/mol. The van der Waals surface area contributed by atoms with Crippen molar-refractivity contribution in [3.05, 3.63) is 85.2 Å². The Kier molecular flexibility index (Phi) is 20.6. The summed E-state index contributed by atoms with van der Waals surface area (Å²) in [4.78, 5) is 74.5. The van der Waals surface area contributed by atoms with E-state index in [0.29, 0.717) is 11.5 Å². The van der Waals surface area contributed by atoms with Gasteiger partial charge in [0.2, 0.25) is 11.8 Å². The molecule has 2 fully saturated rings. The molecule has 0 bridgehead atoms. The fraction of sp³-hybridized carbons (Fsp3) is 0.458. The molecule has 4 aliphatic heterocycles. The highest BCUT2D eigenvalue weighted by Gasteiger charge is 2.59. The van der Waals surface area contributed by atoms with Crippen LogP contribution in [0.25, 0.3) is 0 Å².